The molecule has 0 aromatic rings. The first-order valence-electron chi connectivity index (χ1n) is 8.70. The highest BCUT2D eigenvalue weighted by atomic mass is 15.3. The first-order valence-corrected chi connectivity index (χ1v) is 8.70. The zero-order chi connectivity index (χ0) is 16.1. The minimum absolute atomic E-state index is 1.12. The Labute approximate surface area is 137 Å². The maximum absolute atomic E-state index is 2.37. The van der Waals surface area contributed by atoms with Crippen LogP contribution in [0.2, 0.25) is 0 Å². The van der Waals surface area contributed by atoms with Crippen LogP contribution in [-0.4, -0.2) is 63.3 Å². The molecule has 0 amide bonds. The van der Waals surface area contributed by atoms with Crippen molar-refractivity contribution in [2.75, 3.05) is 54.4 Å². The molecule has 0 spiro atoms. The summed E-state index contributed by atoms with van der Waals surface area (Å²) in [4.78, 5) is 0. The molecule has 0 unspecified atom stereocenters. The van der Waals surface area contributed by atoms with Crippen LogP contribution in [0.5, 0.6) is 0 Å². The van der Waals surface area contributed by atoms with Crippen molar-refractivity contribution in [1.29, 1.82) is 0 Å². The molecular formula is C20H34N2+2. The van der Waals surface area contributed by atoms with Crippen molar-refractivity contribution >= 4 is 0 Å². The monoisotopic (exact) mass is 302 g/mol. The van der Waals surface area contributed by atoms with Crippen molar-refractivity contribution in [3.05, 3.63) is 47.6 Å². The smallest absolute Gasteiger partial charge is 0.100 e. The summed E-state index contributed by atoms with van der Waals surface area (Å²) in [6.45, 7) is 4.96. The van der Waals surface area contributed by atoms with E-state index in [1.807, 2.05) is 0 Å². The number of quaternary nitrogens is 2. The van der Waals surface area contributed by atoms with E-state index in [4.69, 9.17) is 0 Å². The van der Waals surface area contributed by atoms with Gasteiger partial charge in [0.25, 0.3) is 0 Å². The Morgan fingerprint density at radius 2 is 1.14 bits per heavy atom. The van der Waals surface area contributed by atoms with Crippen LogP contribution in [0.3, 0.4) is 0 Å². The molecule has 2 aliphatic rings. The zero-order valence-corrected chi connectivity index (χ0v) is 15.0. The average molecular weight is 303 g/mol. The highest BCUT2D eigenvalue weighted by molar-refractivity contribution is 5.23. The molecule has 122 valence electrons. The minimum Gasteiger partial charge on any atom is -0.325 e. The second-order valence-corrected chi connectivity index (χ2v) is 8.26. The average Bonchev–Trinajstić information content (AvgIpc) is 3.07. The van der Waals surface area contributed by atoms with Gasteiger partial charge in [0.1, 0.15) is 13.1 Å². The predicted molar refractivity (Wildman–Crippen MR) is 96.6 cm³/mol. The summed E-state index contributed by atoms with van der Waals surface area (Å²) in [7, 11) is 9.48. The summed E-state index contributed by atoms with van der Waals surface area (Å²) in [6.07, 6.45) is 18.5. The number of hydrogen-bond donors (Lipinski definition) is 0. The fraction of sp³-hybridized carbons (Fsp3) is 0.600. The molecule has 0 saturated carbocycles. The van der Waals surface area contributed by atoms with E-state index in [9.17, 15) is 0 Å². The minimum atomic E-state index is 1.12. The third-order valence-corrected chi connectivity index (χ3v) is 4.74. The van der Waals surface area contributed by atoms with Crippen LogP contribution in [0.1, 0.15) is 25.7 Å². The lowest BCUT2D eigenvalue weighted by atomic mass is 10.1. The van der Waals surface area contributed by atoms with Gasteiger partial charge in [0.2, 0.25) is 0 Å². The fourth-order valence-corrected chi connectivity index (χ4v) is 3.56. The Morgan fingerprint density at radius 3 is 1.45 bits per heavy atom. The maximum Gasteiger partial charge on any atom is 0.100 e. The fourth-order valence-electron chi connectivity index (χ4n) is 3.56. The molecular weight excluding hydrogens is 268 g/mol. The Hall–Kier alpha value is -1.12. The second-order valence-electron chi connectivity index (χ2n) is 8.26. The van der Waals surface area contributed by atoms with Gasteiger partial charge in [-0.1, -0.05) is 36.5 Å². The van der Waals surface area contributed by atoms with Crippen LogP contribution in [0.15, 0.2) is 47.6 Å². The van der Waals surface area contributed by atoms with E-state index in [2.05, 4.69) is 64.6 Å². The van der Waals surface area contributed by atoms with Crippen molar-refractivity contribution in [3.8, 4) is 0 Å². The van der Waals surface area contributed by atoms with Gasteiger partial charge in [-0.3, -0.25) is 0 Å². The van der Waals surface area contributed by atoms with Crippen molar-refractivity contribution in [3.63, 3.8) is 0 Å². The maximum atomic E-state index is 2.37. The number of allylic oxidation sites excluding steroid dienone is 6. The normalized spacial score (nSPS) is 18.0. The van der Waals surface area contributed by atoms with Gasteiger partial charge < -0.3 is 8.97 Å². The largest absolute Gasteiger partial charge is 0.325 e. The molecule has 2 rings (SSSR count). The van der Waals surface area contributed by atoms with Crippen LogP contribution in [0.25, 0.3) is 0 Å². The highest BCUT2D eigenvalue weighted by Crippen LogP contribution is 2.17. The summed E-state index contributed by atoms with van der Waals surface area (Å²) in [5, 5.41) is 0. The standard InChI is InChI=1S/C20H34N2/c1-21(2,17-19-11-5-6-12-19)15-9-10-16-22(3,4)18-20-13-7-8-14-20/h5-8,11,13H,9-10,12,14-18H2,1-4H3/q+2. The van der Waals surface area contributed by atoms with E-state index in [0.29, 0.717) is 0 Å². The zero-order valence-electron chi connectivity index (χ0n) is 15.0. The number of rotatable bonds is 9. The van der Waals surface area contributed by atoms with Crippen molar-refractivity contribution in [1.82, 2.24) is 0 Å². The van der Waals surface area contributed by atoms with Crippen molar-refractivity contribution < 1.29 is 8.97 Å². The lowest BCUT2D eigenvalue weighted by Gasteiger charge is -2.33. The molecule has 0 radical (unpaired) electrons. The Kier molecular flexibility index (Phi) is 5.82. The Balaban J connectivity index is 1.64. The number of hydrogen-bond acceptors (Lipinski definition) is 0. The van der Waals surface area contributed by atoms with E-state index < -0.39 is 0 Å². The van der Waals surface area contributed by atoms with E-state index in [1.165, 1.54) is 39.0 Å². The molecule has 0 atom stereocenters. The molecule has 0 fully saturated rings. The predicted octanol–water partition coefficient (Wildman–Crippen LogP) is 3.69. The van der Waals surface area contributed by atoms with Crippen LogP contribution in [0, 0.1) is 0 Å². The lowest BCUT2D eigenvalue weighted by Crippen LogP contribution is -2.44. The molecule has 0 aromatic carbocycles. The molecule has 0 heterocycles. The van der Waals surface area contributed by atoms with Crippen LogP contribution < -0.4 is 0 Å². The summed E-state index contributed by atoms with van der Waals surface area (Å²) in [5.74, 6) is 0. The molecule has 22 heavy (non-hydrogen) atoms. The van der Waals surface area contributed by atoms with Crippen LogP contribution in [0.4, 0.5) is 0 Å². The van der Waals surface area contributed by atoms with Crippen LogP contribution in [-0.2, 0) is 0 Å². The third-order valence-electron chi connectivity index (χ3n) is 4.74. The van der Waals surface area contributed by atoms with Crippen molar-refractivity contribution in [2.45, 2.75) is 25.7 Å². The molecule has 0 bridgehead atoms. The van der Waals surface area contributed by atoms with E-state index in [1.54, 1.807) is 11.1 Å². The van der Waals surface area contributed by atoms with Crippen LogP contribution >= 0.6 is 0 Å². The summed E-state index contributed by atoms with van der Waals surface area (Å²) >= 11 is 0. The first-order chi connectivity index (χ1) is 10.4. The molecule has 0 saturated heterocycles. The van der Waals surface area contributed by atoms with Gasteiger partial charge in [-0.15, -0.1) is 0 Å². The Morgan fingerprint density at radius 1 is 0.727 bits per heavy atom. The molecule has 0 aromatic heterocycles. The third kappa shape index (κ3) is 5.94. The SMILES string of the molecule is C[N+](C)(CCCC[N+](C)(C)CC1=CC=CC1)CC1=CC=CC1. The lowest BCUT2D eigenvalue weighted by molar-refractivity contribution is -0.892. The Bertz CT molecular complexity index is 444. The topological polar surface area (TPSA) is 0 Å². The number of nitrogens with zero attached hydrogens (tertiary/aromatic N) is 2. The highest BCUT2D eigenvalue weighted by Gasteiger charge is 2.20. The van der Waals surface area contributed by atoms with Gasteiger partial charge >= 0.3 is 0 Å². The van der Waals surface area contributed by atoms with Gasteiger partial charge in [0.15, 0.2) is 0 Å². The number of likely N-dealkylation sites (N-methyl/N-ethyl adjacent to an activating group) is 2. The molecule has 2 nitrogen and oxygen atoms in total. The van der Waals surface area contributed by atoms with E-state index >= 15 is 0 Å². The summed E-state index contributed by atoms with van der Waals surface area (Å²) in [6, 6.07) is 0. The molecule has 2 heteroatoms. The van der Waals surface area contributed by atoms with Gasteiger partial charge in [-0.25, -0.2) is 0 Å². The van der Waals surface area contributed by atoms with Gasteiger partial charge in [-0.05, 0) is 24.0 Å². The summed E-state index contributed by atoms with van der Waals surface area (Å²) in [5.41, 5.74) is 3.17. The van der Waals surface area contributed by atoms with E-state index in [0.717, 1.165) is 21.8 Å². The number of unbranched alkanes of at least 4 members (excludes halogenated alkanes) is 1. The van der Waals surface area contributed by atoms with Crippen molar-refractivity contribution in [2.24, 2.45) is 0 Å². The molecule has 2 aliphatic carbocycles. The van der Waals surface area contributed by atoms with E-state index in [-0.39, 0.29) is 0 Å². The first kappa shape index (κ1) is 17.2. The van der Waals surface area contributed by atoms with Gasteiger partial charge in [-0.2, -0.15) is 0 Å². The second kappa shape index (κ2) is 7.43. The summed E-state index contributed by atoms with van der Waals surface area (Å²) < 4.78 is 2.24. The molecule has 0 N–H and O–H groups in total. The van der Waals surface area contributed by atoms with Gasteiger partial charge in [0, 0.05) is 12.8 Å². The quantitative estimate of drug-likeness (QED) is 0.450. The molecule has 0 aliphatic heterocycles. The van der Waals surface area contributed by atoms with Gasteiger partial charge in [0.05, 0.1) is 41.3 Å².